The summed E-state index contributed by atoms with van der Waals surface area (Å²) in [6, 6.07) is 8.28. The Morgan fingerprint density at radius 1 is 0.383 bits per heavy atom. The normalized spacial score (nSPS) is 29.4. The van der Waals surface area contributed by atoms with E-state index in [1.807, 2.05) is 0 Å². The van der Waals surface area contributed by atoms with Crippen LogP contribution in [-0.4, -0.2) is 319 Å². The second kappa shape index (κ2) is 45.2. The van der Waals surface area contributed by atoms with Crippen molar-refractivity contribution in [2.45, 2.75) is 403 Å². The fourth-order valence-electron chi connectivity index (χ4n) is 19.1. The van der Waals surface area contributed by atoms with Crippen molar-refractivity contribution in [1.29, 1.82) is 0 Å². The molecule has 0 amide bonds. The van der Waals surface area contributed by atoms with Crippen LogP contribution in [0.2, 0.25) is 0 Å². The van der Waals surface area contributed by atoms with Gasteiger partial charge in [0.15, 0.2) is 9.84 Å². The van der Waals surface area contributed by atoms with Gasteiger partial charge in [-0.3, -0.25) is 39.2 Å². The first-order valence-corrected chi connectivity index (χ1v) is 47.4. The van der Waals surface area contributed by atoms with Crippen molar-refractivity contribution in [3.8, 4) is 0 Å². The molecule has 17 rings (SSSR count). The predicted octanol–water partition coefficient (Wildman–Crippen LogP) is 15.7. The minimum atomic E-state index is -2.69. The van der Waals surface area contributed by atoms with E-state index in [-0.39, 0.29) is 0 Å². The molecule has 17 aliphatic rings. The van der Waals surface area contributed by atoms with Crippen molar-refractivity contribution in [2.24, 2.45) is 17.3 Å². The van der Waals surface area contributed by atoms with Crippen LogP contribution in [0.5, 0.6) is 0 Å². The molecule has 0 aromatic rings. The zero-order chi connectivity index (χ0) is 79.1. The topological polar surface area (TPSA) is 100 Å². The molecule has 107 heavy (non-hydrogen) atoms. The molecular formula is C90H182N12O4S. The van der Waals surface area contributed by atoms with Crippen LogP contribution in [0.15, 0.2) is 0 Å². The fraction of sp³-hybridized carbons (Fsp3) is 1.00. The Morgan fingerprint density at radius 2 is 0.841 bits per heavy atom. The first-order valence-electron chi connectivity index (χ1n) is 45.6. The first kappa shape index (κ1) is 95.2. The molecule has 3 saturated carbocycles. The third-order valence-corrected chi connectivity index (χ3v) is 29.0. The van der Waals surface area contributed by atoms with E-state index >= 15 is 0 Å². The molecule has 1 N–H and O–H groups in total. The maximum atomic E-state index is 11.0. The number of morpholine rings is 2. The lowest BCUT2D eigenvalue weighted by Crippen LogP contribution is -2.65. The van der Waals surface area contributed by atoms with E-state index in [0.717, 1.165) is 112 Å². The van der Waals surface area contributed by atoms with Gasteiger partial charge in [0.2, 0.25) is 0 Å². The highest BCUT2D eigenvalue weighted by molar-refractivity contribution is 7.91. The fourth-order valence-corrected chi connectivity index (χ4v) is 20.3. The maximum absolute atomic E-state index is 11.0. The summed E-state index contributed by atoms with van der Waals surface area (Å²) in [4.78, 5) is 28.0. The van der Waals surface area contributed by atoms with Crippen molar-refractivity contribution in [2.75, 3.05) is 162 Å². The summed E-state index contributed by atoms with van der Waals surface area (Å²) < 4.78 is 32.8. The summed E-state index contributed by atoms with van der Waals surface area (Å²) in [5, 5.41) is 3.33. The molecule has 4 bridgehead atoms. The van der Waals surface area contributed by atoms with Crippen molar-refractivity contribution < 1.29 is 17.9 Å². The number of likely N-dealkylation sites (tertiary alicyclic amines) is 6. The van der Waals surface area contributed by atoms with E-state index in [4.69, 9.17) is 9.47 Å². The lowest BCUT2D eigenvalue weighted by Gasteiger charge is -2.60. The molecule has 17 fully saturated rings. The molecule has 16 nitrogen and oxygen atoms in total. The lowest BCUT2D eigenvalue weighted by atomic mass is 9.67. The molecule has 0 aromatic heterocycles. The average Bonchev–Trinajstić information content (AvgIpc) is 1.68. The number of rotatable bonds is 8. The lowest BCUT2D eigenvalue weighted by molar-refractivity contribution is -0.115. The number of sulfone groups is 1. The van der Waals surface area contributed by atoms with Crippen LogP contribution in [0, 0.1) is 17.3 Å². The van der Waals surface area contributed by atoms with Gasteiger partial charge in [-0.05, 0) is 358 Å². The number of hydrogen-bond donors (Lipinski definition) is 1. The van der Waals surface area contributed by atoms with Crippen LogP contribution in [0.3, 0.4) is 0 Å². The molecule has 0 aromatic carbocycles. The summed E-state index contributed by atoms with van der Waals surface area (Å²) in [5.41, 5.74) is 2.76. The molecule has 3 aliphatic carbocycles. The zero-order valence-electron chi connectivity index (χ0n) is 75.6. The molecule has 2 spiro atoms. The monoisotopic (exact) mass is 1530 g/mol. The Labute approximate surface area is 665 Å². The van der Waals surface area contributed by atoms with Crippen molar-refractivity contribution in [3.63, 3.8) is 0 Å². The largest absolute Gasteiger partial charge is 0.379 e. The van der Waals surface area contributed by atoms with Gasteiger partial charge in [0, 0.05) is 174 Å². The predicted molar refractivity (Wildman–Crippen MR) is 461 cm³/mol. The SMILES string of the molecule is CC(C)(C)N1C2CCCC1CC2.CC(C)(C)N1CCC1.CC(C)(C)N1CCC2(CC2)C1.CC(C)N1CC2CC2C1.CC(C)N1CC2CCC1CO2.CC(C)N1CCC12CCC2.CC(C)N1CCCC1.CC(C)N1CCCCC1.CC(C)N1CCNCC1.CC(C)N1CCOCC1.CC(C)N1CCS(=O)(=O)CC1. The summed E-state index contributed by atoms with van der Waals surface area (Å²) >= 11 is 0. The van der Waals surface area contributed by atoms with Gasteiger partial charge >= 0.3 is 0 Å². The number of piperidine rings is 4. The standard InChI is InChI=1S/C11H21N.C10H19N.C9H17NO.C9H17N.C8H15N.C8H17N.C7H16N2.C7H15NO2S.C7H15NO.2C7H15N/c1-11(2,3)12-9-5-4-6-10(12)8-7-9;1-9(2,3)11-7-6-10(8-11)4-5-10;1-7(2)10-5-9-4-3-8(10)6-11-9;1-8(2)10-7-6-9(10)4-3-5-9;1-6(2)9-4-7-3-8(7)5-9;1-8(2)9-6-4-3-5-7-9;1-7(2)9-5-3-8-4-6-9;1-7(2)8-3-5-11(9,10)6-4-8;1-7(2)8-3-5-9-6-4-8;1-7(2,3)8-5-4-6-8;1-7(2)8-5-3-4-6-8/h9-10H,4-8H2,1-3H3;4-8H2,1-3H3;7-9H,3-6H2,1-2H3;8H,3-7H2,1-2H3;6-8H,3-5H2,1-2H3;8H,3-7H2,1-2H3;7-8H,3-6H2,1-2H3;7H,3-6H2,1-2H3;7H,3-6H2,1-2H3;4-6H2,1-3H3;7H,3-6H2,1-2H3. The maximum Gasteiger partial charge on any atom is 0.152 e. The molecule has 632 valence electrons. The van der Waals surface area contributed by atoms with Crippen LogP contribution in [0.4, 0.5) is 0 Å². The van der Waals surface area contributed by atoms with Crippen LogP contribution in [0.1, 0.15) is 308 Å². The van der Waals surface area contributed by atoms with Crippen molar-refractivity contribution in [1.82, 2.24) is 59.2 Å². The number of nitrogens with zero attached hydrogens (tertiary/aromatic N) is 11. The molecule has 14 heterocycles. The summed E-state index contributed by atoms with van der Waals surface area (Å²) in [6.45, 7) is 84.1. The van der Waals surface area contributed by atoms with Gasteiger partial charge in [-0.1, -0.05) is 12.8 Å². The third kappa shape index (κ3) is 32.8. The van der Waals surface area contributed by atoms with Gasteiger partial charge in [0.05, 0.1) is 37.4 Å². The summed E-state index contributed by atoms with van der Waals surface area (Å²) in [7, 11) is -2.69. The van der Waals surface area contributed by atoms with E-state index in [2.05, 4.69) is 232 Å². The average molecular weight is 1530 g/mol. The van der Waals surface area contributed by atoms with E-state index < -0.39 is 9.84 Å². The molecule has 14 saturated heterocycles. The number of ether oxygens (including phenoxy) is 2. The third-order valence-electron chi connectivity index (χ3n) is 27.3. The summed E-state index contributed by atoms with van der Waals surface area (Å²) in [6.07, 6.45) is 30.9. The highest BCUT2D eigenvalue weighted by Gasteiger charge is 2.51. The molecule has 17 heteroatoms. The van der Waals surface area contributed by atoms with Gasteiger partial charge in [0.1, 0.15) is 0 Å². The smallest absolute Gasteiger partial charge is 0.152 e. The second-order valence-electron chi connectivity index (χ2n) is 41.1. The van der Waals surface area contributed by atoms with Gasteiger partial charge in [-0.15, -0.1) is 0 Å². The molecule has 6 atom stereocenters. The molecule has 0 radical (unpaired) electrons. The minimum Gasteiger partial charge on any atom is -0.379 e. The molecule has 14 aliphatic heterocycles. The Hall–Kier alpha value is -0.610. The highest BCUT2D eigenvalue weighted by atomic mass is 32.2. The van der Waals surface area contributed by atoms with E-state index in [1.54, 1.807) is 0 Å². The first-order chi connectivity index (χ1) is 50.2. The minimum absolute atomic E-state index is 0.338. The Bertz CT molecular complexity index is 2360. The quantitative estimate of drug-likeness (QED) is 0.249. The van der Waals surface area contributed by atoms with Crippen molar-refractivity contribution >= 4 is 9.84 Å². The number of fused-ring (bicyclic) bond motifs is 6. The van der Waals surface area contributed by atoms with Crippen LogP contribution < -0.4 is 5.32 Å². The van der Waals surface area contributed by atoms with Gasteiger partial charge in [-0.2, -0.15) is 0 Å². The Morgan fingerprint density at radius 3 is 1.10 bits per heavy atom. The van der Waals surface area contributed by atoms with Gasteiger partial charge in [-0.25, -0.2) is 8.42 Å². The van der Waals surface area contributed by atoms with Gasteiger partial charge < -0.3 is 29.5 Å². The van der Waals surface area contributed by atoms with Crippen LogP contribution in [0.25, 0.3) is 0 Å². The van der Waals surface area contributed by atoms with Crippen LogP contribution >= 0.6 is 0 Å². The molecule has 6 unspecified atom stereocenters. The van der Waals surface area contributed by atoms with Crippen LogP contribution in [-0.2, 0) is 19.3 Å². The van der Waals surface area contributed by atoms with Crippen molar-refractivity contribution in [3.05, 3.63) is 0 Å². The second-order valence-corrected chi connectivity index (χ2v) is 43.4. The Kier molecular flexibility index (Phi) is 40.2. The van der Waals surface area contributed by atoms with Gasteiger partial charge in [0.25, 0.3) is 0 Å². The highest BCUT2D eigenvalue weighted by Crippen LogP contribution is 2.54. The number of nitrogens with one attached hydrogen (secondary N) is 1. The number of hydrogen-bond acceptors (Lipinski definition) is 16. The van der Waals surface area contributed by atoms with E-state index in [9.17, 15) is 8.42 Å². The van der Waals surface area contributed by atoms with E-state index in [1.165, 1.54) is 226 Å². The zero-order valence-corrected chi connectivity index (χ0v) is 76.4. The summed E-state index contributed by atoms with van der Waals surface area (Å²) in [5.74, 6) is 2.89. The molecular weight excluding hydrogens is 1350 g/mol. The van der Waals surface area contributed by atoms with E-state index in [0.29, 0.717) is 71.0 Å². The number of piperazine rings is 1. The Balaban J connectivity index is 0.000000185.